The Morgan fingerprint density at radius 3 is 0.882 bits per heavy atom. The lowest BCUT2D eigenvalue weighted by atomic mass is 10.0. The minimum atomic E-state index is -0.958. The van der Waals surface area contributed by atoms with Gasteiger partial charge >= 0.3 is 11.9 Å². The normalized spacial score (nSPS) is 10.6. The number of aromatic carboxylic acids is 2. The van der Waals surface area contributed by atoms with Crippen molar-refractivity contribution < 1.29 is 24.6 Å². The van der Waals surface area contributed by atoms with Crippen LogP contribution in [0.4, 0.5) is 0 Å². The first kappa shape index (κ1) is 23.4. The van der Waals surface area contributed by atoms with Gasteiger partial charge in [-0.2, -0.15) is 0 Å². The van der Waals surface area contributed by atoms with Gasteiger partial charge in [-0.1, -0.05) is 23.5 Å². The van der Waals surface area contributed by atoms with E-state index < -0.39 is 11.9 Å². The molecule has 0 aromatic heterocycles. The molecule has 168 valence electrons. The number of carbonyl (C=O) groups is 3. The summed E-state index contributed by atoms with van der Waals surface area (Å²) < 4.78 is 0. The summed E-state index contributed by atoms with van der Waals surface area (Å²) in [6.07, 6.45) is 0. The molecule has 0 radical (unpaired) electrons. The molecule has 4 rings (SSSR count). The molecule has 0 amide bonds. The van der Waals surface area contributed by atoms with Gasteiger partial charge in [-0.25, -0.2) is 9.59 Å². The van der Waals surface area contributed by atoms with Crippen LogP contribution in [-0.2, 0) is 0 Å². The van der Waals surface area contributed by atoms with E-state index in [0.717, 1.165) is 19.6 Å². The van der Waals surface area contributed by atoms with Gasteiger partial charge in [0, 0.05) is 30.7 Å². The molecule has 2 N–H and O–H groups in total. The van der Waals surface area contributed by atoms with E-state index >= 15 is 0 Å². The van der Waals surface area contributed by atoms with Crippen molar-refractivity contribution in [2.75, 3.05) is 0 Å². The molecule has 5 nitrogen and oxygen atoms in total. The molecule has 0 fully saturated rings. The van der Waals surface area contributed by atoms with Gasteiger partial charge in [0.15, 0.2) is 5.78 Å². The summed E-state index contributed by atoms with van der Waals surface area (Å²) in [7, 11) is 0. The van der Waals surface area contributed by atoms with E-state index in [-0.39, 0.29) is 16.9 Å². The van der Waals surface area contributed by atoms with E-state index in [1.54, 1.807) is 72.8 Å². The molecule has 0 aliphatic heterocycles. The lowest BCUT2D eigenvalue weighted by Gasteiger charge is -2.06. The second-order valence-corrected chi connectivity index (χ2v) is 9.53. The number of hydrogen-bond donors (Lipinski definition) is 2. The van der Waals surface area contributed by atoms with E-state index in [1.165, 1.54) is 23.5 Å². The maximum Gasteiger partial charge on any atom is 0.335 e. The Morgan fingerprint density at radius 2 is 0.647 bits per heavy atom. The summed E-state index contributed by atoms with van der Waals surface area (Å²) in [5.41, 5.74) is 1.64. The SMILES string of the molecule is O=C(O)c1ccc(Sc2ccc(C(=O)c3ccc(Sc4ccc(C(=O)O)cc4)cc3)cc2)cc1. The molecular weight excluding hydrogens is 468 g/mol. The Kier molecular flexibility index (Phi) is 7.15. The summed E-state index contributed by atoms with van der Waals surface area (Å²) >= 11 is 2.98. The zero-order valence-corrected chi connectivity index (χ0v) is 19.3. The summed E-state index contributed by atoms with van der Waals surface area (Å²) in [4.78, 5) is 38.5. The number of carbonyl (C=O) groups excluding carboxylic acids is 1. The largest absolute Gasteiger partial charge is 0.478 e. The maximum absolute atomic E-state index is 12.9. The van der Waals surface area contributed by atoms with Gasteiger partial charge in [0.2, 0.25) is 0 Å². The highest BCUT2D eigenvalue weighted by atomic mass is 32.2. The summed E-state index contributed by atoms with van der Waals surface area (Å²) in [6.45, 7) is 0. The molecule has 0 aliphatic rings. The Hall–Kier alpha value is -3.81. The first-order chi connectivity index (χ1) is 16.4. The first-order valence-corrected chi connectivity index (χ1v) is 11.8. The number of ketones is 1. The van der Waals surface area contributed by atoms with E-state index in [4.69, 9.17) is 10.2 Å². The zero-order chi connectivity index (χ0) is 24.1. The van der Waals surface area contributed by atoms with Gasteiger partial charge in [0.1, 0.15) is 0 Å². The fourth-order valence-electron chi connectivity index (χ4n) is 3.12. The lowest BCUT2D eigenvalue weighted by molar-refractivity contribution is 0.0686. The highest BCUT2D eigenvalue weighted by Crippen LogP contribution is 2.30. The quantitative estimate of drug-likeness (QED) is 0.271. The van der Waals surface area contributed by atoms with Gasteiger partial charge in [0.05, 0.1) is 11.1 Å². The molecule has 4 aromatic rings. The van der Waals surface area contributed by atoms with Crippen LogP contribution in [0.5, 0.6) is 0 Å². The number of carboxylic acids is 2. The molecule has 4 aromatic carbocycles. The molecule has 0 aliphatic carbocycles. The third-order valence-electron chi connectivity index (χ3n) is 4.91. The van der Waals surface area contributed by atoms with Crippen LogP contribution in [0.3, 0.4) is 0 Å². The second-order valence-electron chi connectivity index (χ2n) is 7.24. The average molecular weight is 487 g/mol. The van der Waals surface area contributed by atoms with Crippen molar-refractivity contribution in [3.8, 4) is 0 Å². The van der Waals surface area contributed by atoms with Crippen LogP contribution >= 0.6 is 23.5 Å². The molecule has 0 saturated carbocycles. The van der Waals surface area contributed by atoms with E-state index in [0.29, 0.717) is 11.1 Å². The third kappa shape index (κ3) is 5.75. The Labute approximate surface area is 204 Å². The topological polar surface area (TPSA) is 91.7 Å². The van der Waals surface area contributed by atoms with Crippen LogP contribution in [0.25, 0.3) is 0 Å². The van der Waals surface area contributed by atoms with E-state index in [2.05, 4.69) is 0 Å². The van der Waals surface area contributed by atoms with E-state index in [9.17, 15) is 14.4 Å². The van der Waals surface area contributed by atoms with Crippen molar-refractivity contribution >= 4 is 41.2 Å². The third-order valence-corrected chi connectivity index (χ3v) is 6.94. The van der Waals surface area contributed by atoms with Crippen molar-refractivity contribution in [2.24, 2.45) is 0 Å². The van der Waals surface area contributed by atoms with Crippen LogP contribution in [0.2, 0.25) is 0 Å². The number of rotatable bonds is 8. The van der Waals surface area contributed by atoms with Gasteiger partial charge in [0.25, 0.3) is 0 Å². The van der Waals surface area contributed by atoms with E-state index in [1.807, 2.05) is 24.3 Å². The molecule has 0 saturated heterocycles. The maximum atomic E-state index is 12.9. The lowest BCUT2D eigenvalue weighted by Crippen LogP contribution is -2.00. The Balaban J connectivity index is 1.39. The van der Waals surface area contributed by atoms with Crippen LogP contribution in [-0.4, -0.2) is 27.9 Å². The minimum Gasteiger partial charge on any atom is -0.478 e. The van der Waals surface area contributed by atoms with Crippen molar-refractivity contribution in [3.63, 3.8) is 0 Å². The summed E-state index contributed by atoms with van der Waals surface area (Å²) in [5, 5.41) is 18.0. The van der Waals surface area contributed by atoms with Crippen molar-refractivity contribution in [1.82, 2.24) is 0 Å². The fraction of sp³-hybridized carbons (Fsp3) is 0. The first-order valence-electron chi connectivity index (χ1n) is 10.2. The number of benzene rings is 4. The van der Waals surface area contributed by atoms with Crippen molar-refractivity contribution in [2.45, 2.75) is 19.6 Å². The molecule has 0 spiro atoms. The van der Waals surface area contributed by atoms with Gasteiger partial charge < -0.3 is 10.2 Å². The number of carboxylic acid groups (broad SMARTS) is 2. The average Bonchev–Trinajstić information content (AvgIpc) is 2.85. The Morgan fingerprint density at radius 1 is 0.412 bits per heavy atom. The smallest absolute Gasteiger partial charge is 0.335 e. The molecule has 7 heteroatoms. The van der Waals surface area contributed by atoms with Gasteiger partial charge in [-0.3, -0.25) is 4.79 Å². The molecule has 0 atom stereocenters. The van der Waals surface area contributed by atoms with Crippen LogP contribution in [0, 0.1) is 0 Å². The van der Waals surface area contributed by atoms with Gasteiger partial charge in [-0.15, -0.1) is 0 Å². The summed E-state index contributed by atoms with van der Waals surface area (Å²) in [5.74, 6) is -1.99. The molecule has 34 heavy (non-hydrogen) atoms. The van der Waals surface area contributed by atoms with Crippen LogP contribution in [0.1, 0.15) is 36.6 Å². The standard InChI is InChI=1S/C27H18O5S2/c28-25(17-1-9-21(10-2-17)33-23-13-5-19(6-14-23)26(29)30)18-3-11-22(12-4-18)34-24-15-7-20(8-16-24)27(31)32/h1-16H,(H,29,30)(H,31,32). The number of hydrogen-bond acceptors (Lipinski definition) is 5. The minimum absolute atomic E-state index is 0.0790. The van der Waals surface area contributed by atoms with Crippen LogP contribution < -0.4 is 0 Å². The highest BCUT2D eigenvalue weighted by Gasteiger charge is 2.10. The predicted molar refractivity (Wildman–Crippen MR) is 131 cm³/mol. The fourth-order valence-corrected chi connectivity index (χ4v) is 4.75. The van der Waals surface area contributed by atoms with Crippen molar-refractivity contribution in [1.29, 1.82) is 0 Å². The molecule has 0 unspecified atom stereocenters. The second kappa shape index (κ2) is 10.4. The Bertz CT molecular complexity index is 1220. The predicted octanol–water partition coefficient (Wildman–Crippen LogP) is 6.62. The van der Waals surface area contributed by atoms with Crippen molar-refractivity contribution in [3.05, 3.63) is 119 Å². The summed E-state index contributed by atoms with van der Waals surface area (Å²) in [6, 6.07) is 27.9. The van der Waals surface area contributed by atoms with Crippen LogP contribution in [0.15, 0.2) is 117 Å². The molecular formula is C27H18O5S2. The van der Waals surface area contributed by atoms with Gasteiger partial charge in [-0.05, 0) is 97.1 Å². The monoisotopic (exact) mass is 486 g/mol. The highest BCUT2D eigenvalue weighted by molar-refractivity contribution is 7.99. The zero-order valence-electron chi connectivity index (χ0n) is 17.7. The molecule has 0 bridgehead atoms. The molecule has 0 heterocycles.